The van der Waals surface area contributed by atoms with Crippen LogP contribution < -0.4 is 5.32 Å². The molecule has 0 saturated heterocycles. The first kappa shape index (κ1) is 13.7. The van der Waals surface area contributed by atoms with Crippen molar-refractivity contribution in [2.24, 2.45) is 0 Å². The van der Waals surface area contributed by atoms with Gasteiger partial charge in [-0.2, -0.15) is 0 Å². The van der Waals surface area contributed by atoms with E-state index in [1.165, 1.54) is 4.88 Å². The Labute approximate surface area is 121 Å². The van der Waals surface area contributed by atoms with Crippen LogP contribution in [0.3, 0.4) is 0 Å². The molecule has 1 aromatic carbocycles. The van der Waals surface area contributed by atoms with Gasteiger partial charge in [-0.15, -0.1) is 11.3 Å². The molecule has 1 N–H and O–H groups in total. The third-order valence-corrected chi connectivity index (χ3v) is 4.12. The molecule has 2 nitrogen and oxygen atoms in total. The zero-order chi connectivity index (χ0) is 13.3. The van der Waals surface area contributed by atoms with Crippen LogP contribution in [0.5, 0.6) is 0 Å². The zero-order valence-electron chi connectivity index (χ0n) is 10.4. The molecule has 1 aromatic heterocycles. The minimum Gasteiger partial charge on any atom is -0.376 e. The topological polar surface area (TPSA) is 24.9 Å². The van der Waals surface area contributed by atoms with Crippen molar-refractivity contribution in [3.63, 3.8) is 0 Å². The molecule has 2 aromatic rings. The van der Waals surface area contributed by atoms with Gasteiger partial charge in [0.1, 0.15) is 0 Å². The number of nitrogens with one attached hydrogen (secondary N) is 1. The van der Waals surface area contributed by atoms with Gasteiger partial charge >= 0.3 is 0 Å². The lowest BCUT2D eigenvalue weighted by Crippen LogP contribution is -2.08. The first-order valence-corrected chi connectivity index (χ1v) is 7.20. The van der Waals surface area contributed by atoms with E-state index in [4.69, 9.17) is 23.2 Å². The number of hydrogen-bond donors (Lipinski definition) is 1. The molecule has 0 fully saturated rings. The maximum atomic E-state index is 6.13. The van der Waals surface area contributed by atoms with Crippen molar-refractivity contribution in [2.45, 2.75) is 26.8 Å². The highest BCUT2D eigenvalue weighted by molar-refractivity contribution is 7.11. The minimum atomic E-state index is 0.103. The van der Waals surface area contributed by atoms with Crippen molar-refractivity contribution >= 4 is 40.2 Å². The molecular formula is C13H14Cl2N2S. The van der Waals surface area contributed by atoms with Crippen LogP contribution in [0.1, 0.15) is 28.5 Å². The Balaban J connectivity index is 2.23. The summed E-state index contributed by atoms with van der Waals surface area (Å²) < 4.78 is 0. The molecule has 18 heavy (non-hydrogen) atoms. The molecular weight excluding hydrogens is 287 g/mol. The second kappa shape index (κ2) is 5.47. The third-order valence-electron chi connectivity index (χ3n) is 2.65. The quantitative estimate of drug-likeness (QED) is 0.838. The van der Waals surface area contributed by atoms with E-state index in [1.54, 1.807) is 23.5 Å². The van der Waals surface area contributed by atoms with Gasteiger partial charge in [-0.1, -0.05) is 23.2 Å². The number of hydrogen-bond acceptors (Lipinski definition) is 3. The lowest BCUT2D eigenvalue weighted by molar-refractivity contribution is 0.837. The number of halogens is 2. The average Bonchev–Trinajstić information content (AvgIpc) is 2.63. The zero-order valence-corrected chi connectivity index (χ0v) is 12.7. The molecule has 1 heterocycles. The summed E-state index contributed by atoms with van der Waals surface area (Å²) in [6.07, 6.45) is 0. The number of anilines is 1. The number of rotatable bonds is 3. The number of aryl methyl sites for hydroxylation is 2. The third kappa shape index (κ3) is 2.97. The van der Waals surface area contributed by atoms with E-state index in [-0.39, 0.29) is 6.04 Å². The smallest absolute Gasteiger partial charge is 0.0901 e. The molecule has 1 unspecified atom stereocenters. The molecule has 0 amide bonds. The van der Waals surface area contributed by atoms with Crippen LogP contribution in [0.4, 0.5) is 5.69 Å². The van der Waals surface area contributed by atoms with E-state index in [2.05, 4.69) is 24.1 Å². The number of benzene rings is 1. The lowest BCUT2D eigenvalue weighted by atomic mass is 10.2. The summed E-state index contributed by atoms with van der Waals surface area (Å²) in [7, 11) is 0. The normalized spacial score (nSPS) is 12.5. The minimum absolute atomic E-state index is 0.103. The maximum Gasteiger partial charge on any atom is 0.0901 e. The van der Waals surface area contributed by atoms with Gasteiger partial charge in [0.25, 0.3) is 0 Å². The first-order chi connectivity index (χ1) is 8.47. The van der Waals surface area contributed by atoms with Crippen molar-refractivity contribution in [3.05, 3.63) is 43.8 Å². The molecule has 96 valence electrons. The number of thiazole rings is 1. The predicted octanol–water partition coefficient (Wildman–Crippen LogP) is 5.24. The van der Waals surface area contributed by atoms with Crippen LogP contribution in [0.25, 0.3) is 0 Å². The molecule has 0 aliphatic rings. The molecule has 0 spiro atoms. The fraction of sp³-hybridized carbons (Fsp3) is 0.308. The van der Waals surface area contributed by atoms with E-state index in [1.807, 2.05) is 13.0 Å². The van der Waals surface area contributed by atoms with Crippen LogP contribution >= 0.6 is 34.5 Å². The largest absolute Gasteiger partial charge is 0.376 e. The molecule has 0 saturated carbocycles. The van der Waals surface area contributed by atoms with Crippen molar-refractivity contribution < 1.29 is 0 Å². The second-order valence-electron chi connectivity index (χ2n) is 4.16. The molecule has 0 aliphatic heterocycles. The van der Waals surface area contributed by atoms with E-state index in [0.29, 0.717) is 10.0 Å². The highest BCUT2D eigenvalue weighted by Crippen LogP contribution is 2.30. The summed E-state index contributed by atoms with van der Waals surface area (Å²) in [5.74, 6) is 0. The fourth-order valence-corrected chi connectivity index (χ4v) is 3.11. The molecule has 0 radical (unpaired) electrons. The Bertz CT molecular complexity index is 566. The highest BCUT2D eigenvalue weighted by atomic mass is 35.5. The highest BCUT2D eigenvalue weighted by Gasteiger charge is 2.14. The van der Waals surface area contributed by atoms with Gasteiger partial charge in [0.15, 0.2) is 0 Å². The summed E-state index contributed by atoms with van der Waals surface area (Å²) in [4.78, 5) is 5.77. The van der Waals surface area contributed by atoms with Gasteiger partial charge < -0.3 is 5.32 Å². The summed E-state index contributed by atoms with van der Waals surface area (Å²) in [5, 5.41) is 5.76. The maximum absolute atomic E-state index is 6.13. The Hall–Kier alpha value is -0.770. The molecule has 1 atom stereocenters. The van der Waals surface area contributed by atoms with Crippen molar-refractivity contribution in [1.82, 2.24) is 4.98 Å². The van der Waals surface area contributed by atoms with Crippen molar-refractivity contribution in [3.8, 4) is 0 Å². The standard InChI is InChI=1S/C13H14Cl2N2S/c1-7(13-8(2)18-9(3)17-13)16-12-6-10(14)4-5-11(12)15/h4-7,16H,1-3H3. The Morgan fingerprint density at radius 2 is 2.00 bits per heavy atom. The van der Waals surface area contributed by atoms with Gasteiger partial charge in [0, 0.05) is 9.90 Å². The Morgan fingerprint density at radius 1 is 1.28 bits per heavy atom. The van der Waals surface area contributed by atoms with Crippen LogP contribution in [-0.4, -0.2) is 4.98 Å². The summed E-state index contributed by atoms with van der Waals surface area (Å²) in [5.41, 5.74) is 1.90. The van der Waals surface area contributed by atoms with E-state index in [0.717, 1.165) is 16.4 Å². The molecule has 5 heteroatoms. The monoisotopic (exact) mass is 300 g/mol. The van der Waals surface area contributed by atoms with Crippen LogP contribution in [0, 0.1) is 13.8 Å². The molecule has 2 rings (SSSR count). The summed E-state index contributed by atoms with van der Waals surface area (Å²) in [6.45, 7) is 6.16. The van der Waals surface area contributed by atoms with Gasteiger partial charge in [-0.3, -0.25) is 0 Å². The van der Waals surface area contributed by atoms with Gasteiger partial charge in [0.2, 0.25) is 0 Å². The average molecular weight is 301 g/mol. The molecule has 0 bridgehead atoms. The lowest BCUT2D eigenvalue weighted by Gasteiger charge is -2.15. The summed E-state index contributed by atoms with van der Waals surface area (Å²) >= 11 is 13.8. The van der Waals surface area contributed by atoms with Gasteiger partial charge in [-0.25, -0.2) is 4.98 Å². The van der Waals surface area contributed by atoms with Crippen molar-refractivity contribution in [2.75, 3.05) is 5.32 Å². The van der Waals surface area contributed by atoms with Gasteiger partial charge in [0.05, 0.1) is 27.5 Å². The predicted molar refractivity (Wildman–Crippen MR) is 80.1 cm³/mol. The molecule has 0 aliphatic carbocycles. The Morgan fingerprint density at radius 3 is 2.61 bits per heavy atom. The number of nitrogens with zero attached hydrogens (tertiary/aromatic N) is 1. The van der Waals surface area contributed by atoms with E-state index < -0.39 is 0 Å². The fourth-order valence-electron chi connectivity index (χ4n) is 1.86. The number of aromatic nitrogens is 1. The van der Waals surface area contributed by atoms with Gasteiger partial charge in [-0.05, 0) is 39.0 Å². The van der Waals surface area contributed by atoms with Crippen molar-refractivity contribution in [1.29, 1.82) is 0 Å². The summed E-state index contributed by atoms with van der Waals surface area (Å²) in [6, 6.07) is 5.50. The van der Waals surface area contributed by atoms with Crippen LogP contribution in [0.2, 0.25) is 10.0 Å². The Kier molecular flexibility index (Phi) is 4.15. The van der Waals surface area contributed by atoms with E-state index >= 15 is 0 Å². The first-order valence-electron chi connectivity index (χ1n) is 5.63. The SMILES string of the molecule is Cc1nc(C(C)Nc2cc(Cl)ccc2Cl)c(C)s1. The van der Waals surface area contributed by atoms with Crippen LogP contribution in [0.15, 0.2) is 18.2 Å². The second-order valence-corrected chi connectivity index (χ2v) is 6.42. The van der Waals surface area contributed by atoms with E-state index in [9.17, 15) is 0 Å². The van der Waals surface area contributed by atoms with Crippen LogP contribution in [-0.2, 0) is 0 Å².